The Hall–Kier alpha value is -2.36. The Morgan fingerprint density at radius 2 is 1.79 bits per heavy atom. The Bertz CT molecular complexity index is 618. The maximum absolute atomic E-state index is 13.1. The number of aryl methyl sites for hydroxylation is 2. The Morgan fingerprint density at radius 1 is 1.16 bits per heavy atom. The molecule has 0 bridgehead atoms. The van der Waals surface area contributed by atoms with E-state index in [9.17, 15) is 14.3 Å². The highest BCUT2D eigenvalue weighted by Crippen LogP contribution is 2.23. The Balaban J connectivity index is 2.34. The van der Waals surface area contributed by atoms with Gasteiger partial charge in [-0.1, -0.05) is 18.2 Å². The molecule has 0 aromatic heterocycles. The number of phenols is 1. The fraction of sp³-hybridized carbons (Fsp3) is 0.133. The van der Waals surface area contributed by atoms with Gasteiger partial charge in [0.2, 0.25) is 0 Å². The van der Waals surface area contributed by atoms with Crippen molar-refractivity contribution in [2.24, 2.45) is 0 Å². The molecule has 4 heteroatoms. The smallest absolute Gasteiger partial charge is 0.259 e. The Kier molecular flexibility index (Phi) is 3.51. The average Bonchev–Trinajstić information content (AvgIpc) is 2.37. The van der Waals surface area contributed by atoms with Crippen molar-refractivity contribution in [2.45, 2.75) is 13.8 Å². The second-order valence-electron chi connectivity index (χ2n) is 4.38. The first kappa shape index (κ1) is 13.1. The lowest BCUT2D eigenvalue weighted by molar-refractivity contribution is 0.102. The fourth-order valence-electron chi connectivity index (χ4n) is 1.88. The van der Waals surface area contributed by atoms with Crippen LogP contribution in [0.1, 0.15) is 21.5 Å². The van der Waals surface area contributed by atoms with E-state index in [-0.39, 0.29) is 11.3 Å². The SMILES string of the molecule is Cc1cccc(C)c1NC(=O)c1cc(F)ccc1O. The maximum atomic E-state index is 13.1. The number of hydrogen-bond donors (Lipinski definition) is 2. The second-order valence-corrected chi connectivity index (χ2v) is 4.38. The molecule has 2 aromatic rings. The molecule has 1 amide bonds. The van der Waals surface area contributed by atoms with E-state index in [2.05, 4.69) is 5.32 Å². The summed E-state index contributed by atoms with van der Waals surface area (Å²) >= 11 is 0. The Labute approximate surface area is 110 Å². The van der Waals surface area contributed by atoms with Crippen LogP contribution in [0, 0.1) is 19.7 Å². The highest BCUT2D eigenvalue weighted by atomic mass is 19.1. The first-order chi connectivity index (χ1) is 8.99. The molecular weight excluding hydrogens is 245 g/mol. The highest BCUT2D eigenvalue weighted by Gasteiger charge is 2.14. The zero-order valence-electron chi connectivity index (χ0n) is 10.7. The first-order valence-electron chi connectivity index (χ1n) is 5.85. The summed E-state index contributed by atoms with van der Waals surface area (Å²) in [5.41, 5.74) is 2.41. The molecule has 0 heterocycles. The van der Waals surface area contributed by atoms with Gasteiger partial charge in [0.15, 0.2) is 0 Å². The summed E-state index contributed by atoms with van der Waals surface area (Å²) in [4.78, 5) is 12.1. The van der Waals surface area contributed by atoms with Crippen molar-refractivity contribution in [1.29, 1.82) is 0 Å². The van der Waals surface area contributed by atoms with Crippen LogP contribution in [0.4, 0.5) is 10.1 Å². The molecular formula is C15H14FNO2. The number of nitrogens with one attached hydrogen (secondary N) is 1. The van der Waals surface area contributed by atoms with E-state index in [1.165, 1.54) is 0 Å². The van der Waals surface area contributed by atoms with E-state index < -0.39 is 11.7 Å². The molecule has 0 spiro atoms. The lowest BCUT2D eigenvalue weighted by atomic mass is 10.1. The van der Waals surface area contributed by atoms with Gasteiger partial charge in [-0.2, -0.15) is 0 Å². The van der Waals surface area contributed by atoms with Gasteiger partial charge in [-0.25, -0.2) is 4.39 Å². The van der Waals surface area contributed by atoms with Crippen LogP contribution in [0.25, 0.3) is 0 Å². The Morgan fingerprint density at radius 3 is 2.42 bits per heavy atom. The van der Waals surface area contributed by atoms with Crippen LogP contribution < -0.4 is 5.32 Å². The van der Waals surface area contributed by atoms with Gasteiger partial charge in [0.1, 0.15) is 11.6 Å². The highest BCUT2D eigenvalue weighted by molar-refractivity contribution is 6.06. The number of hydrogen-bond acceptors (Lipinski definition) is 2. The topological polar surface area (TPSA) is 49.3 Å². The van der Waals surface area contributed by atoms with Gasteiger partial charge >= 0.3 is 0 Å². The molecule has 0 aliphatic carbocycles. The fourth-order valence-corrected chi connectivity index (χ4v) is 1.88. The summed E-state index contributed by atoms with van der Waals surface area (Å²) in [5.74, 6) is -1.34. The number of carbonyl (C=O) groups is 1. The standard InChI is InChI=1S/C15H14FNO2/c1-9-4-3-5-10(2)14(9)17-15(19)12-8-11(16)6-7-13(12)18/h3-8,18H,1-2H3,(H,17,19). The number of benzene rings is 2. The summed E-state index contributed by atoms with van der Waals surface area (Å²) in [5, 5.41) is 12.3. The van der Waals surface area contributed by atoms with Crippen molar-refractivity contribution in [3.8, 4) is 5.75 Å². The number of aromatic hydroxyl groups is 1. The molecule has 98 valence electrons. The zero-order chi connectivity index (χ0) is 14.0. The molecule has 0 aliphatic rings. The molecule has 2 aromatic carbocycles. The number of rotatable bonds is 2. The van der Waals surface area contributed by atoms with Crippen LogP contribution >= 0.6 is 0 Å². The van der Waals surface area contributed by atoms with Gasteiger partial charge in [-0.3, -0.25) is 4.79 Å². The molecule has 0 saturated heterocycles. The molecule has 0 atom stereocenters. The number of para-hydroxylation sites is 1. The summed E-state index contributed by atoms with van der Waals surface area (Å²) in [7, 11) is 0. The molecule has 0 unspecified atom stereocenters. The van der Waals surface area contributed by atoms with Crippen LogP contribution in [0.5, 0.6) is 5.75 Å². The maximum Gasteiger partial charge on any atom is 0.259 e. The van der Waals surface area contributed by atoms with Crippen LogP contribution in [0.15, 0.2) is 36.4 Å². The van der Waals surface area contributed by atoms with Gasteiger partial charge in [0.25, 0.3) is 5.91 Å². The third-order valence-electron chi connectivity index (χ3n) is 2.92. The van der Waals surface area contributed by atoms with E-state index in [1.807, 2.05) is 32.0 Å². The monoisotopic (exact) mass is 259 g/mol. The number of phenolic OH excluding ortho intramolecular Hbond substituents is 1. The van der Waals surface area contributed by atoms with E-state index in [0.717, 1.165) is 29.3 Å². The lowest BCUT2D eigenvalue weighted by Gasteiger charge is -2.12. The lowest BCUT2D eigenvalue weighted by Crippen LogP contribution is -2.14. The van der Waals surface area contributed by atoms with Crippen molar-refractivity contribution in [2.75, 3.05) is 5.32 Å². The van der Waals surface area contributed by atoms with Gasteiger partial charge in [-0.15, -0.1) is 0 Å². The molecule has 0 radical (unpaired) electrons. The molecule has 2 N–H and O–H groups in total. The van der Waals surface area contributed by atoms with Crippen LogP contribution in [0.3, 0.4) is 0 Å². The van der Waals surface area contributed by atoms with E-state index in [4.69, 9.17) is 0 Å². The first-order valence-corrected chi connectivity index (χ1v) is 5.85. The summed E-state index contributed by atoms with van der Waals surface area (Å²) in [6.45, 7) is 3.74. The van der Waals surface area contributed by atoms with Crippen molar-refractivity contribution in [3.05, 3.63) is 58.9 Å². The van der Waals surface area contributed by atoms with Crippen molar-refractivity contribution in [1.82, 2.24) is 0 Å². The minimum atomic E-state index is -0.565. The number of amides is 1. The van der Waals surface area contributed by atoms with Gasteiger partial charge < -0.3 is 10.4 Å². The number of carbonyl (C=O) groups excluding carboxylic acids is 1. The zero-order valence-corrected chi connectivity index (χ0v) is 10.7. The minimum Gasteiger partial charge on any atom is -0.507 e. The molecule has 3 nitrogen and oxygen atoms in total. The molecule has 0 fully saturated rings. The normalized spacial score (nSPS) is 10.3. The minimum absolute atomic E-state index is 0.0809. The summed E-state index contributed by atoms with van der Waals surface area (Å²) < 4.78 is 13.1. The third kappa shape index (κ3) is 2.73. The van der Waals surface area contributed by atoms with E-state index >= 15 is 0 Å². The van der Waals surface area contributed by atoms with Gasteiger partial charge in [-0.05, 0) is 43.2 Å². The quantitative estimate of drug-likeness (QED) is 0.868. The molecule has 0 saturated carbocycles. The van der Waals surface area contributed by atoms with Crippen molar-refractivity contribution >= 4 is 11.6 Å². The number of halogens is 1. The molecule has 19 heavy (non-hydrogen) atoms. The summed E-state index contributed by atoms with van der Waals surface area (Å²) in [6, 6.07) is 8.90. The van der Waals surface area contributed by atoms with Crippen molar-refractivity contribution < 1.29 is 14.3 Å². The average molecular weight is 259 g/mol. The van der Waals surface area contributed by atoms with Crippen LogP contribution in [-0.4, -0.2) is 11.0 Å². The summed E-state index contributed by atoms with van der Waals surface area (Å²) in [6.07, 6.45) is 0. The van der Waals surface area contributed by atoms with Gasteiger partial charge in [0, 0.05) is 5.69 Å². The van der Waals surface area contributed by atoms with E-state index in [1.54, 1.807) is 0 Å². The predicted molar refractivity (Wildman–Crippen MR) is 71.9 cm³/mol. The van der Waals surface area contributed by atoms with Crippen LogP contribution in [0.2, 0.25) is 0 Å². The molecule has 0 aliphatic heterocycles. The van der Waals surface area contributed by atoms with E-state index in [0.29, 0.717) is 5.69 Å². The largest absolute Gasteiger partial charge is 0.507 e. The second kappa shape index (κ2) is 5.10. The predicted octanol–water partition coefficient (Wildman–Crippen LogP) is 3.40. The third-order valence-corrected chi connectivity index (χ3v) is 2.92. The number of anilines is 1. The van der Waals surface area contributed by atoms with Gasteiger partial charge in [0.05, 0.1) is 5.56 Å². The molecule has 2 rings (SSSR count). The van der Waals surface area contributed by atoms with Crippen molar-refractivity contribution in [3.63, 3.8) is 0 Å². The van der Waals surface area contributed by atoms with Crippen LogP contribution in [-0.2, 0) is 0 Å².